The average Bonchev–Trinajstić information content (AvgIpc) is 3.03. The topological polar surface area (TPSA) is 104 Å². The Kier molecular flexibility index (Phi) is 3.57. The molecule has 0 atom stereocenters. The predicted molar refractivity (Wildman–Crippen MR) is 88.5 cm³/mol. The zero-order valence-electron chi connectivity index (χ0n) is 13.1. The number of nitro benzene ring substituents is 1. The third kappa shape index (κ3) is 2.57. The highest BCUT2D eigenvalue weighted by atomic mass is 16.6. The second-order valence-electron chi connectivity index (χ2n) is 5.71. The van der Waals surface area contributed by atoms with Gasteiger partial charge in [-0.3, -0.25) is 14.9 Å². The Hall–Kier alpha value is -3.42. The normalized spacial score (nSPS) is 13.5. The van der Waals surface area contributed by atoms with E-state index in [2.05, 4.69) is 15.1 Å². The Morgan fingerprint density at radius 1 is 1.08 bits per heavy atom. The molecule has 0 unspecified atom stereocenters. The maximum Gasteiger partial charge on any atom is 0.269 e. The van der Waals surface area contributed by atoms with Crippen molar-refractivity contribution in [1.82, 2.24) is 19.7 Å². The molecule has 3 aromatic rings. The van der Waals surface area contributed by atoms with Gasteiger partial charge in [0.1, 0.15) is 5.69 Å². The summed E-state index contributed by atoms with van der Waals surface area (Å²) in [6.07, 6.45) is 5.16. The van der Waals surface area contributed by atoms with Crippen LogP contribution in [0.1, 0.15) is 28.9 Å². The van der Waals surface area contributed by atoms with Crippen LogP contribution in [-0.2, 0) is 6.42 Å². The highest BCUT2D eigenvalue weighted by Gasteiger charge is 2.29. The van der Waals surface area contributed by atoms with E-state index in [0.29, 0.717) is 35.6 Å². The quantitative estimate of drug-likeness (QED) is 0.538. The molecule has 2 aromatic heterocycles. The number of hydrogen-bond donors (Lipinski definition) is 0. The number of fused-ring (bicyclic) bond motifs is 1. The Labute approximate surface area is 142 Å². The van der Waals surface area contributed by atoms with Gasteiger partial charge in [0.2, 0.25) is 0 Å². The van der Waals surface area contributed by atoms with Crippen LogP contribution in [-0.4, -0.2) is 30.5 Å². The molecule has 8 heteroatoms. The zero-order valence-corrected chi connectivity index (χ0v) is 13.1. The predicted octanol–water partition coefficient (Wildman–Crippen LogP) is 2.76. The van der Waals surface area contributed by atoms with Crippen molar-refractivity contribution in [3.05, 3.63) is 64.1 Å². The van der Waals surface area contributed by atoms with Crippen LogP contribution < -0.4 is 0 Å². The van der Waals surface area contributed by atoms with Crippen LogP contribution in [0.25, 0.3) is 17.2 Å². The highest BCUT2D eigenvalue weighted by molar-refractivity contribution is 6.03. The molecule has 0 amide bonds. The summed E-state index contributed by atoms with van der Waals surface area (Å²) in [7, 11) is 0. The van der Waals surface area contributed by atoms with Crippen LogP contribution in [0.2, 0.25) is 0 Å². The van der Waals surface area contributed by atoms with Crippen molar-refractivity contribution in [2.24, 2.45) is 0 Å². The fourth-order valence-corrected chi connectivity index (χ4v) is 3.03. The molecule has 1 aliphatic carbocycles. The molecule has 0 bridgehead atoms. The van der Waals surface area contributed by atoms with Gasteiger partial charge in [-0.25, -0.2) is 14.6 Å². The van der Waals surface area contributed by atoms with E-state index in [1.54, 1.807) is 35.3 Å². The number of carbonyl (C=O) groups is 1. The molecule has 0 aliphatic heterocycles. The molecule has 0 fully saturated rings. The second kappa shape index (κ2) is 5.90. The number of non-ortho nitro benzene ring substituents is 1. The Bertz CT molecular complexity index is 964. The number of aromatic nitrogens is 4. The minimum Gasteiger partial charge on any atom is -0.294 e. The molecule has 4 rings (SSSR count). The van der Waals surface area contributed by atoms with Gasteiger partial charge in [-0.2, -0.15) is 5.10 Å². The molecule has 124 valence electrons. The van der Waals surface area contributed by atoms with Gasteiger partial charge in [-0.15, -0.1) is 0 Å². The molecule has 8 nitrogen and oxygen atoms in total. The summed E-state index contributed by atoms with van der Waals surface area (Å²) in [5.74, 6) is 0.429. The molecule has 1 aromatic carbocycles. The minimum atomic E-state index is -0.458. The number of nitro groups is 1. The van der Waals surface area contributed by atoms with Crippen LogP contribution in [0.15, 0.2) is 42.7 Å². The van der Waals surface area contributed by atoms with Gasteiger partial charge in [-0.1, -0.05) is 0 Å². The first kappa shape index (κ1) is 15.1. The Balaban J connectivity index is 1.89. The van der Waals surface area contributed by atoms with Crippen molar-refractivity contribution in [2.75, 3.05) is 0 Å². The first-order chi connectivity index (χ1) is 12.1. The summed E-state index contributed by atoms with van der Waals surface area (Å²) >= 11 is 0. The van der Waals surface area contributed by atoms with Crippen molar-refractivity contribution < 1.29 is 9.72 Å². The van der Waals surface area contributed by atoms with E-state index in [9.17, 15) is 14.9 Å². The van der Waals surface area contributed by atoms with Gasteiger partial charge in [-0.05, 0) is 31.0 Å². The van der Waals surface area contributed by atoms with Gasteiger partial charge in [0, 0.05) is 36.5 Å². The average molecular weight is 335 g/mol. The van der Waals surface area contributed by atoms with E-state index in [1.807, 2.05) is 0 Å². The summed E-state index contributed by atoms with van der Waals surface area (Å²) in [5.41, 5.74) is 2.52. The SMILES string of the molecule is O=C1CCCc2c1c(-c1ccc([N+](=O)[O-])cc1)nn2-c1ncccn1. The number of nitrogens with zero attached hydrogens (tertiary/aromatic N) is 5. The lowest BCUT2D eigenvalue weighted by Crippen LogP contribution is -2.14. The van der Waals surface area contributed by atoms with Gasteiger partial charge in [0.15, 0.2) is 5.78 Å². The van der Waals surface area contributed by atoms with E-state index in [4.69, 9.17) is 0 Å². The molecular formula is C17H13N5O3. The van der Waals surface area contributed by atoms with Crippen LogP contribution in [0.5, 0.6) is 0 Å². The van der Waals surface area contributed by atoms with Crippen LogP contribution in [0.4, 0.5) is 5.69 Å². The number of carbonyl (C=O) groups excluding carboxylic acids is 1. The van der Waals surface area contributed by atoms with Crippen molar-refractivity contribution >= 4 is 11.5 Å². The fraction of sp³-hybridized carbons (Fsp3) is 0.176. The fourth-order valence-electron chi connectivity index (χ4n) is 3.03. The van der Waals surface area contributed by atoms with E-state index in [0.717, 1.165) is 12.1 Å². The van der Waals surface area contributed by atoms with Gasteiger partial charge < -0.3 is 0 Å². The number of ketones is 1. The second-order valence-corrected chi connectivity index (χ2v) is 5.71. The van der Waals surface area contributed by atoms with E-state index in [1.165, 1.54) is 12.1 Å². The van der Waals surface area contributed by atoms with Gasteiger partial charge >= 0.3 is 0 Å². The number of benzene rings is 1. The maximum absolute atomic E-state index is 12.5. The molecule has 0 saturated heterocycles. The van der Waals surface area contributed by atoms with Crippen molar-refractivity contribution in [2.45, 2.75) is 19.3 Å². The monoisotopic (exact) mass is 335 g/mol. The smallest absolute Gasteiger partial charge is 0.269 e. The first-order valence-electron chi connectivity index (χ1n) is 7.82. The van der Waals surface area contributed by atoms with Crippen molar-refractivity contribution in [1.29, 1.82) is 0 Å². The highest BCUT2D eigenvalue weighted by Crippen LogP contribution is 2.32. The molecule has 2 heterocycles. The minimum absolute atomic E-state index is 0.00484. The third-order valence-corrected chi connectivity index (χ3v) is 4.17. The molecule has 0 spiro atoms. The van der Waals surface area contributed by atoms with Crippen LogP contribution >= 0.6 is 0 Å². The third-order valence-electron chi connectivity index (χ3n) is 4.17. The van der Waals surface area contributed by atoms with Gasteiger partial charge in [0.05, 0.1) is 16.2 Å². The summed E-state index contributed by atoms with van der Waals surface area (Å²) in [6, 6.07) is 7.75. The molecular weight excluding hydrogens is 322 g/mol. The van der Waals surface area contributed by atoms with Crippen molar-refractivity contribution in [3.8, 4) is 17.2 Å². The molecule has 0 N–H and O–H groups in total. The lowest BCUT2D eigenvalue weighted by molar-refractivity contribution is -0.384. The zero-order chi connectivity index (χ0) is 17.4. The summed E-state index contributed by atoms with van der Waals surface area (Å²) in [4.78, 5) is 31.3. The Morgan fingerprint density at radius 3 is 2.48 bits per heavy atom. The summed E-state index contributed by atoms with van der Waals surface area (Å²) in [6.45, 7) is 0. The summed E-state index contributed by atoms with van der Waals surface area (Å²) < 4.78 is 1.60. The first-order valence-corrected chi connectivity index (χ1v) is 7.82. The maximum atomic E-state index is 12.5. The molecule has 0 saturated carbocycles. The van der Waals surface area contributed by atoms with E-state index >= 15 is 0 Å². The number of rotatable bonds is 3. The largest absolute Gasteiger partial charge is 0.294 e. The van der Waals surface area contributed by atoms with E-state index < -0.39 is 4.92 Å². The van der Waals surface area contributed by atoms with Crippen molar-refractivity contribution in [3.63, 3.8) is 0 Å². The molecule has 25 heavy (non-hydrogen) atoms. The molecule has 0 radical (unpaired) electrons. The van der Waals surface area contributed by atoms with Crippen LogP contribution in [0, 0.1) is 10.1 Å². The number of hydrogen-bond acceptors (Lipinski definition) is 6. The number of Topliss-reactive ketones (excluding diaryl/α,β-unsaturated/α-hetero) is 1. The summed E-state index contributed by atoms with van der Waals surface area (Å²) in [5, 5.41) is 15.4. The Morgan fingerprint density at radius 2 is 1.80 bits per heavy atom. The standard InChI is InChI=1S/C17H13N5O3/c23-14-4-1-3-13-15(14)16(11-5-7-12(8-6-11)22(24)25)20-21(13)17-18-9-2-10-19-17/h2,5-10H,1,3-4H2. The van der Waals surface area contributed by atoms with Crippen LogP contribution in [0.3, 0.4) is 0 Å². The lowest BCUT2D eigenvalue weighted by atomic mass is 9.92. The van der Waals surface area contributed by atoms with Gasteiger partial charge in [0.25, 0.3) is 11.6 Å². The molecule has 1 aliphatic rings. The van der Waals surface area contributed by atoms with E-state index in [-0.39, 0.29) is 11.5 Å². The lowest BCUT2D eigenvalue weighted by Gasteiger charge is -2.12.